The fraction of sp³-hybridized carbons (Fsp3) is 0. The van der Waals surface area contributed by atoms with Crippen LogP contribution in [0.1, 0.15) is 11.1 Å². The molecule has 0 amide bonds. The quantitative estimate of drug-likeness (QED) is 0.191. The van der Waals surface area contributed by atoms with E-state index in [2.05, 4.69) is 127 Å². The summed E-state index contributed by atoms with van der Waals surface area (Å²) in [7, 11) is 0. The third kappa shape index (κ3) is 4.51. The van der Waals surface area contributed by atoms with Crippen LogP contribution in [0.4, 0.5) is 0 Å². The van der Waals surface area contributed by atoms with Crippen molar-refractivity contribution in [1.82, 2.24) is 0 Å². The normalized spacial score (nSPS) is 11.3. The number of rotatable bonds is 4. The van der Waals surface area contributed by atoms with E-state index in [0.717, 1.165) is 44.5 Å². The summed E-state index contributed by atoms with van der Waals surface area (Å²) in [5, 5.41) is 25.6. The molecule has 0 aliphatic rings. The van der Waals surface area contributed by atoms with Crippen molar-refractivity contribution in [3.8, 4) is 56.6 Å². The Hall–Kier alpha value is -6.04. The summed E-state index contributed by atoms with van der Waals surface area (Å²) >= 11 is 3.58. The summed E-state index contributed by atoms with van der Waals surface area (Å²) in [5.74, 6) is 0. The molecule has 9 aromatic rings. The van der Waals surface area contributed by atoms with E-state index in [4.69, 9.17) is 0 Å². The molecule has 0 N–H and O–H groups in total. The standard InChI is InChI=1S/C44H24N2S2/c45-25-31-23-29(35-12-6-14-39-37-10-1-3-16-41(37)47-43(35)39)18-20-33(31)27-8-5-9-28(22-27)34-21-19-30(24-32(34)26-46)36-13-7-15-40-38-11-2-4-17-42(38)48-44(36)40/h1-24H. The molecule has 0 radical (unpaired) electrons. The fourth-order valence-electron chi connectivity index (χ4n) is 6.92. The highest BCUT2D eigenvalue weighted by atomic mass is 32.1. The topological polar surface area (TPSA) is 47.6 Å². The minimum absolute atomic E-state index is 0.620. The molecule has 0 saturated heterocycles. The summed E-state index contributed by atoms with van der Waals surface area (Å²) in [6.45, 7) is 0. The lowest BCUT2D eigenvalue weighted by atomic mass is 9.91. The van der Waals surface area contributed by atoms with E-state index >= 15 is 0 Å². The molecule has 48 heavy (non-hydrogen) atoms. The monoisotopic (exact) mass is 644 g/mol. The SMILES string of the molecule is N#Cc1cc(-c2cccc3c2sc2ccccc23)ccc1-c1cccc(-c2ccc(-c3cccc4c3sc3ccccc34)cc2C#N)c1. The number of nitrogens with zero attached hydrogens (tertiary/aromatic N) is 2. The maximum absolute atomic E-state index is 10.3. The van der Waals surface area contributed by atoms with Gasteiger partial charge in [-0.2, -0.15) is 10.5 Å². The molecule has 7 aromatic carbocycles. The molecule has 222 valence electrons. The third-order valence-corrected chi connectivity index (χ3v) is 11.6. The molecule has 2 nitrogen and oxygen atoms in total. The molecule has 0 aliphatic heterocycles. The van der Waals surface area contributed by atoms with Crippen molar-refractivity contribution >= 4 is 63.0 Å². The number of benzene rings is 7. The van der Waals surface area contributed by atoms with Gasteiger partial charge in [0, 0.05) is 40.3 Å². The first-order valence-corrected chi connectivity index (χ1v) is 17.3. The molecule has 2 heterocycles. The second kappa shape index (κ2) is 11.3. The minimum atomic E-state index is 0.620. The zero-order chi connectivity index (χ0) is 32.2. The summed E-state index contributed by atoms with van der Waals surface area (Å²) < 4.78 is 4.98. The molecular formula is C44H24N2S2. The highest BCUT2D eigenvalue weighted by Crippen LogP contribution is 2.42. The second-order valence-electron chi connectivity index (χ2n) is 11.9. The first kappa shape index (κ1) is 28.2. The van der Waals surface area contributed by atoms with Gasteiger partial charge in [0.05, 0.1) is 23.3 Å². The zero-order valence-corrected chi connectivity index (χ0v) is 27.2. The Labute approximate surface area is 285 Å². The number of hydrogen-bond donors (Lipinski definition) is 0. The number of thiophene rings is 2. The zero-order valence-electron chi connectivity index (χ0n) is 25.6. The average Bonchev–Trinajstić information content (AvgIpc) is 3.73. The van der Waals surface area contributed by atoms with Gasteiger partial charge in [-0.1, -0.05) is 115 Å². The van der Waals surface area contributed by atoms with Crippen LogP contribution in [-0.4, -0.2) is 0 Å². The molecule has 0 aliphatic carbocycles. The molecule has 0 spiro atoms. The largest absolute Gasteiger partial charge is 0.192 e. The Morgan fingerprint density at radius 2 is 0.771 bits per heavy atom. The smallest absolute Gasteiger partial charge is 0.0998 e. The average molecular weight is 645 g/mol. The highest BCUT2D eigenvalue weighted by molar-refractivity contribution is 7.26. The van der Waals surface area contributed by atoms with Crippen LogP contribution < -0.4 is 0 Å². The molecule has 0 atom stereocenters. The van der Waals surface area contributed by atoms with Crippen LogP contribution in [0.5, 0.6) is 0 Å². The van der Waals surface area contributed by atoms with Crippen molar-refractivity contribution < 1.29 is 0 Å². The van der Waals surface area contributed by atoms with Gasteiger partial charge in [0.25, 0.3) is 0 Å². The van der Waals surface area contributed by atoms with Crippen LogP contribution in [0.25, 0.3) is 84.9 Å². The molecule has 2 aromatic heterocycles. The van der Waals surface area contributed by atoms with E-state index in [0.29, 0.717) is 11.1 Å². The van der Waals surface area contributed by atoms with Crippen molar-refractivity contribution in [3.63, 3.8) is 0 Å². The van der Waals surface area contributed by atoms with Gasteiger partial charge < -0.3 is 0 Å². The molecule has 0 unspecified atom stereocenters. The predicted molar refractivity (Wildman–Crippen MR) is 203 cm³/mol. The van der Waals surface area contributed by atoms with Crippen molar-refractivity contribution in [2.24, 2.45) is 0 Å². The van der Waals surface area contributed by atoms with Gasteiger partial charge in [-0.3, -0.25) is 0 Å². The number of hydrogen-bond acceptors (Lipinski definition) is 4. The minimum Gasteiger partial charge on any atom is -0.192 e. The lowest BCUT2D eigenvalue weighted by molar-refractivity contribution is 1.47. The van der Waals surface area contributed by atoms with Gasteiger partial charge in [-0.25, -0.2) is 0 Å². The Morgan fingerprint density at radius 1 is 0.354 bits per heavy atom. The van der Waals surface area contributed by atoms with Gasteiger partial charge in [-0.05, 0) is 74.8 Å². The third-order valence-electron chi connectivity index (χ3n) is 9.20. The van der Waals surface area contributed by atoms with Gasteiger partial charge >= 0.3 is 0 Å². The van der Waals surface area contributed by atoms with E-state index in [1.165, 1.54) is 40.3 Å². The highest BCUT2D eigenvalue weighted by Gasteiger charge is 2.16. The first-order valence-electron chi connectivity index (χ1n) is 15.7. The van der Waals surface area contributed by atoms with E-state index in [9.17, 15) is 10.5 Å². The Morgan fingerprint density at radius 3 is 1.25 bits per heavy atom. The molecule has 0 saturated carbocycles. The van der Waals surface area contributed by atoms with E-state index in [1.807, 2.05) is 30.3 Å². The maximum atomic E-state index is 10.3. The molecular weight excluding hydrogens is 621 g/mol. The predicted octanol–water partition coefficient (Wildman–Crippen LogP) is 12.8. The van der Waals surface area contributed by atoms with Crippen molar-refractivity contribution in [1.29, 1.82) is 10.5 Å². The van der Waals surface area contributed by atoms with Crippen LogP contribution in [-0.2, 0) is 0 Å². The van der Waals surface area contributed by atoms with E-state index in [1.54, 1.807) is 22.7 Å². The summed E-state index contributed by atoms with van der Waals surface area (Å²) in [6.07, 6.45) is 0. The van der Waals surface area contributed by atoms with Gasteiger partial charge in [0.1, 0.15) is 0 Å². The van der Waals surface area contributed by atoms with Crippen LogP contribution in [0.2, 0.25) is 0 Å². The van der Waals surface area contributed by atoms with Crippen LogP contribution in [0.15, 0.2) is 146 Å². The lowest BCUT2D eigenvalue weighted by Gasteiger charge is -2.12. The van der Waals surface area contributed by atoms with E-state index < -0.39 is 0 Å². The maximum Gasteiger partial charge on any atom is 0.0998 e. The van der Waals surface area contributed by atoms with Crippen molar-refractivity contribution in [2.45, 2.75) is 0 Å². The summed E-state index contributed by atoms with van der Waals surface area (Å²) in [4.78, 5) is 0. The molecule has 9 rings (SSSR count). The Bertz CT molecular complexity index is 2630. The van der Waals surface area contributed by atoms with Gasteiger partial charge in [0.2, 0.25) is 0 Å². The van der Waals surface area contributed by atoms with Crippen LogP contribution in [0, 0.1) is 22.7 Å². The molecule has 0 bridgehead atoms. The van der Waals surface area contributed by atoms with Crippen molar-refractivity contribution in [2.75, 3.05) is 0 Å². The second-order valence-corrected chi connectivity index (χ2v) is 14.0. The fourth-order valence-corrected chi connectivity index (χ4v) is 9.39. The molecule has 4 heteroatoms. The number of fused-ring (bicyclic) bond motifs is 6. The summed E-state index contributed by atoms with van der Waals surface area (Å²) in [5.41, 5.74) is 9.20. The van der Waals surface area contributed by atoms with E-state index in [-0.39, 0.29) is 0 Å². The lowest BCUT2D eigenvalue weighted by Crippen LogP contribution is -1.90. The van der Waals surface area contributed by atoms with Gasteiger partial charge in [0.15, 0.2) is 0 Å². The van der Waals surface area contributed by atoms with Crippen LogP contribution in [0.3, 0.4) is 0 Å². The Balaban J connectivity index is 1.10. The summed E-state index contributed by atoms with van der Waals surface area (Å²) in [6, 6.07) is 55.3. The van der Waals surface area contributed by atoms with Crippen LogP contribution >= 0.6 is 22.7 Å². The van der Waals surface area contributed by atoms with Gasteiger partial charge in [-0.15, -0.1) is 22.7 Å². The molecule has 0 fully saturated rings. The number of nitriles is 2. The van der Waals surface area contributed by atoms with Crippen molar-refractivity contribution in [3.05, 3.63) is 157 Å². The first-order chi connectivity index (χ1) is 23.7. The Kier molecular flexibility index (Phi) is 6.66.